The van der Waals surface area contributed by atoms with Gasteiger partial charge in [0.1, 0.15) is 0 Å². The molecule has 0 aliphatic carbocycles. The molecule has 1 heterocycles. The van der Waals surface area contributed by atoms with Gasteiger partial charge in [-0.25, -0.2) is 0 Å². The van der Waals surface area contributed by atoms with Crippen LogP contribution in [-0.4, -0.2) is 16.2 Å². The highest BCUT2D eigenvalue weighted by Crippen LogP contribution is 2.24. The van der Waals surface area contributed by atoms with Crippen LogP contribution in [0.25, 0.3) is 11.5 Å². The normalized spacial score (nSPS) is 12.7. The highest BCUT2D eigenvalue weighted by Gasteiger charge is 2.12. The van der Waals surface area contributed by atoms with Gasteiger partial charge >= 0.3 is 0 Å². The van der Waals surface area contributed by atoms with Crippen LogP contribution in [0.1, 0.15) is 18.3 Å². The number of halogens is 1. The highest BCUT2D eigenvalue weighted by atomic mass is 79.9. The van der Waals surface area contributed by atoms with Gasteiger partial charge in [-0.1, -0.05) is 21.1 Å². The minimum atomic E-state index is 0.0338. The van der Waals surface area contributed by atoms with Crippen LogP contribution in [0.3, 0.4) is 0 Å². The molecule has 0 radical (unpaired) electrons. The largest absolute Gasteiger partial charge is 0.334 e. The number of aryl methyl sites for hydroxylation is 1. The van der Waals surface area contributed by atoms with Gasteiger partial charge in [0.15, 0.2) is 5.82 Å². The number of aromatic nitrogens is 2. The molecule has 1 aromatic heterocycles. The van der Waals surface area contributed by atoms with Gasteiger partial charge in [-0.2, -0.15) is 4.98 Å². The Morgan fingerprint density at radius 2 is 2.24 bits per heavy atom. The van der Waals surface area contributed by atoms with Crippen molar-refractivity contribution in [3.8, 4) is 11.5 Å². The third-order valence-corrected chi connectivity index (χ3v) is 2.88. The first-order valence-electron chi connectivity index (χ1n) is 5.41. The van der Waals surface area contributed by atoms with Gasteiger partial charge in [-0.3, -0.25) is 0 Å². The summed E-state index contributed by atoms with van der Waals surface area (Å²) in [5.74, 6) is 1.20. The Hall–Kier alpha value is -1.20. The van der Waals surface area contributed by atoms with Gasteiger partial charge in [0.05, 0.1) is 0 Å². The van der Waals surface area contributed by atoms with E-state index >= 15 is 0 Å². The van der Waals surface area contributed by atoms with Crippen LogP contribution >= 0.6 is 15.9 Å². The van der Waals surface area contributed by atoms with Gasteiger partial charge in [-0.15, -0.1) is 0 Å². The predicted molar refractivity (Wildman–Crippen MR) is 69.5 cm³/mol. The molecule has 90 valence electrons. The predicted octanol–water partition coefficient (Wildman–Crippen LogP) is 2.70. The molecule has 0 aliphatic rings. The van der Waals surface area contributed by atoms with E-state index in [9.17, 15) is 0 Å². The van der Waals surface area contributed by atoms with Crippen molar-refractivity contribution < 1.29 is 4.52 Å². The number of hydrogen-bond donors (Lipinski definition) is 1. The first-order valence-corrected chi connectivity index (χ1v) is 6.20. The standard InChI is InChI=1S/C12H14BrN3O/c1-7-5-9(13)3-4-10(7)12-15-11(16-17-12)6-8(2)14/h3-5,8H,6,14H2,1-2H3. The summed E-state index contributed by atoms with van der Waals surface area (Å²) in [6, 6.07) is 5.97. The summed E-state index contributed by atoms with van der Waals surface area (Å²) in [7, 11) is 0. The molecule has 5 heteroatoms. The van der Waals surface area contributed by atoms with Crippen molar-refractivity contribution in [2.24, 2.45) is 5.73 Å². The monoisotopic (exact) mass is 295 g/mol. The lowest BCUT2D eigenvalue weighted by atomic mass is 10.1. The fourth-order valence-corrected chi connectivity index (χ4v) is 2.08. The minimum Gasteiger partial charge on any atom is -0.334 e. The van der Waals surface area contributed by atoms with E-state index in [0.717, 1.165) is 15.6 Å². The van der Waals surface area contributed by atoms with Crippen molar-refractivity contribution in [3.63, 3.8) is 0 Å². The Morgan fingerprint density at radius 3 is 2.88 bits per heavy atom. The number of benzene rings is 1. The second-order valence-corrected chi connectivity index (χ2v) is 5.07. The zero-order chi connectivity index (χ0) is 12.4. The topological polar surface area (TPSA) is 64.9 Å². The second-order valence-electron chi connectivity index (χ2n) is 4.16. The maximum absolute atomic E-state index is 5.69. The molecule has 2 N–H and O–H groups in total. The van der Waals surface area contributed by atoms with Gasteiger partial charge in [0.25, 0.3) is 5.89 Å². The van der Waals surface area contributed by atoms with Crippen molar-refractivity contribution in [1.29, 1.82) is 0 Å². The van der Waals surface area contributed by atoms with Crippen molar-refractivity contribution in [2.45, 2.75) is 26.3 Å². The third kappa shape index (κ3) is 2.92. The Labute approximate surface area is 108 Å². The molecular weight excluding hydrogens is 282 g/mol. The van der Waals surface area contributed by atoms with E-state index in [-0.39, 0.29) is 6.04 Å². The first kappa shape index (κ1) is 12.3. The third-order valence-electron chi connectivity index (χ3n) is 2.39. The first-order chi connectivity index (χ1) is 8.06. The average Bonchev–Trinajstić information content (AvgIpc) is 2.65. The molecule has 1 atom stereocenters. The second kappa shape index (κ2) is 4.98. The smallest absolute Gasteiger partial charge is 0.258 e. The molecule has 17 heavy (non-hydrogen) atoms. The molecule has 2 aromatic rings. The zero-order valence-corrected chi connectivity index (χ0v) is 11.4. The van der Waals surface area contributed by atoms with E-state index in [1.165, 1.54) is 0 Å². The molecule has 2 rings (SSSR count). The summed E-state index contributed by atoms with van der Waals surface area (Å²) in [5, 5.41) is 3.92. The lowest BCUT2D eigenvalue weighted by molar-refractivity contribution is 0.420. The molecule has 0 fully saturated rings. The Morgan fingerprint density at radius 1 is 1.47 bits per heavy atom. The number of nitrogens with two attached hydrogens (primary N) is 1. The number of rotatable bonds is 3. The van der Waals surface area contributed by atoms with E-state index in [1.807, 2.05) is 32.0 Å². The van der Waals surface area contributed by atoms with Crippen LogP contribution in [0.2, 0.25) is 0 Å². The van der Waals surface area contributed by atoms with E-state index in [4.69, 9.17) is 10.3 Å². The molecule has 0 aliphatic heterocycles. The van der Waals surface area contributed by atoms with Crippen LogP contribution in [0.5, 0.6) is 0 Å². The molecule has 0 amide bonds. The fraction of sp³-hybridized carbons (Fsp3) is 0.333. The molecule has 1 aromatic carbocycles. The quantitative estimate of drug-likeness (QED) is 0.945. The van der Waals surface area contributed by atoms with Crippen molar-refractivity contribution >= 4 is 15.9 Å². The molecule has 0 bridgehead atoms. The fourth-order valence-electron chi connectivity index (χ4n) is 1.60. The van der Waals surface area contributed by atoms with Crippen LogP contribution in [0.15, 0.2) is 27.2 Å². The molecule has 1 unspecified atom stereocenters. The van der Waals surface area contributed by atoms with Gasteiger partial charge in [0, 0.05) is 22.5 Å². The van der Waals surface area contributed by atoms with Crippen LogP contribution in [-0.2, 0) is 6.42 Å². The summed E-state index contributed by atoms with van der Waals surface area (Å²) in [4.78, 5) is 4.34. The van der Waals surface area contributed by atoms with Crippen molar-refractivity contribution in [1.82, 2.24) is 10.1 Å². The summed E-state index contributed by atoms with van der Waals surface area (Å²) in [5.41, 5.74) is 7.74. The maximum Gasteiger partial charge on any atom is 0.258 e. The average molecular weight is 296 g/mol. The van der Waals surface area contributed by atoms with Crippen molar-refractivity contribution in [2.75, 3.05) is 0 Å². The summed E-state index contributed by atoms with van der Waals surface area (Å²) in [6.45, 7) is 3.93. The molecule has 0 saturated carbocycles. The molecular formula is C12H14BrN3O. The van der Waals surface area contributed by atoms with E-state index in [2.05, 4.69) is 26.1 Å². The molecule has 4 nitrogen and oxygen atoms in total. The summed E-state index contributed by atoms with van der Waals surface area (Å²) < 4.78 is 6.28. The van der Waals surface area contributed by atoms with E-state index < -0.39 is 0 Å². The zero-order valence-electron chi connectivity index (χ0n) is 9.77. The van der Waals surface area contributed by atoms with Crippen LogP contribution in [0, 0.1) is 6.92 Å². The Kier molecular flexibility index (Phi) is 3.59. The highest BCUT2D eigenvalue weighted by molar-refractivity contribution is 9.10. The lowest BCUT2D eigenvalue weighted by Crippen LogP contribution is -2.18. The molecule has 0 saturated heterocycles. The number of nitrogens with zero attached hydrogens (tertiary/aromatic N) is 2. The van der Waals surface area contributed by atoms with Crippen LogP contribution in [0.4, 0.5) is 0 Å². The van der Waals surface area contributed by atoms with Gasteiger partial charge in [0.2, 0.25) is 0 Å². The Bertz CT molecular complexity index is 522. The van der Waals surface area contributed by atoms with Crippen molar-refractivity contribution in [3.05, 3.63) is 34.1 Å². The van der Waals surface area contributed by atoms with E-state index in [1.54, 1.807) is 0 Å². The summed E-state index contributed by atoms with van der Waals surface area (Å²) >= 11 is 3.42. The number of hydrogen-bond acceptors (Lipinski definition) is 4. The van der Waals surface area contributed by atoms with Crippen LogP contribution < -0.4 is 5.73 Å². The van der Waals surface area contributed by atoms with Gasteiger partial charge in [-0.05, 0) is 37.6 Å². The minimum absolute atomic E-state index is 0.0338. The molecule has 0 spiro atoms. The summed E-state index contributed by atoms with van der Waals surface area (Å²) in [6.07, 6.45) is 0.624. The SMILES string of the molecule is Cc1cc(Br)ccc1-c1nc(CC(C)N)no1. The van der Waals surface area contributed by atoms with Gasteiger partial charge < -0.3 is 10.3 Å². The maximum atomic E-state index is 5.69. The lowest BCUT2D eigenvalue weighted by Gasteiger charge is -2.00. The Balaban J connectivity index is 2.30. The van der Waals surface area contributed by atoms with E-state index in [0.29, 0.717) is 18.1 Å².